The predicted octanol–water partition coefficient (Wildman–Crippen LogP) is -3.94. The van der Waals surface area contributed by atoms with Crippen LogP contribution >= 0.6 is 0 Å². The Kier molecular flexibility index (Phi) is 6.33. The molecule has 0 amide bonds. The molecule has 0 saturated heterocycles. The first kappa shape index (κ1) is 15.2. The first-order valence-electron chi connectivity index (χ1n) is 4.44. The molecule has 0 aliphatic rings. The maximum absolute atomic E-state index is 10.00. The summed E-state index contributed by atoms with van der Waals surface area (Å²) < 4.78 is 0. The van der Waals surface area contributed by atoms with Gasteiger partial charge in [-0.2, -0.15) is 0 Å². The summed E-state index contributed by atoms with van der Waals surface area (Å²) in [6, 6.07) is 0. The normalized spacial score (nSPS) is 20.9. The number of nitrogens with zero attached hydrogens (tertiary/aromatic N) is 1. The van der Waals surface area contributed by atoms with E-state index in [1.54, 1.807) is 0 Å². The molecule has 9 heteroatoms. The summed E-state index contributed by atoms with van der Waals surface area (Å²) in [7, 11) is 0. The van der Waals surface area contributed by atoms with Gasteiger partial charge in [-0.05, 0) is 0 Å². The zero-order valence-electron chi connectivity index (χ0n) is 8.25. The van der Waals surface area contributed by atoms with Gasteiger partial charge in [0.25, 0.3) is 0 Å². The molecule has 0 aromatic carbocycles. The second-order valence-electron chi connectivity index (χ2n) is 3.30. The maximum Gasteiger partial charge on any atom is 0.232 e. The molecule has 0 rings (SSSR count). The van der Waals surface area contributed by atoms with Gasteiger partial charge in [0.2, 0.25) is 6.54 Å². The molecule has 0 heterocycles. The second kappa shape index (κ2) is 6.68. The van der Waals surface area contributed by atoms with E-state index >= 15 is 0 Å². The lowest BCUT2D eigenvalue weighted by Gasteiger charge is -2.26. The first-order valence-corrected chi connectivity index (χ1v) is 4.44. The van der Waals surface area contributed by atoms with Crippen LogP contribution in [0, 0.1) is 10.1 Å². The molecule has 0 aromatic heterocycles. The van der Waals surface area contributed by atoms with Crippen LogP contribution in [0.5, 0.6) is 0 Å². The predicted molar refractivity (Wildman–Crippen MR) is 49.0 cm³/mol. The topological polar surface area (TPSA) is 165 Å². The van der Waals surface area contributed by atoms with Crippen molar-refractivity contribution in [1.29, 1.82) is 0 Å². The summed E-state index contributed by atoms with van der Waals surface area (Å²) in [5.74, 6) is 0. The fourth-order valence-corrected chi connectivity index (χ4v) is 1.03. The van der Waals surface area contributed by atoms with E-state index in [-0.39, 0.29) is 0 Å². The molecular formula is C7H15NO8. The summed E-state index contributed by atoms with van der Waals surface area (Å²) in [4.78, 5) is 9.09. The largest absolute Gasteiger partial charge is 0.394 e. The molecular weight excluding hydrogens is 226 g/mol. The Labute approximate surface area is 90.3 Å². The van der Waals surface area contributed by atoms with Gasteiger partial charge in [-0.25, -0.2) is 0 Å². The van der Waals surface area contributed by atoms with Gasteiger partial charge in [-0.1, -0.05) is 0 Å². The third-order valence-electron chi connectivity index (χ3n) is 2.01. The molecule has 0 aliphatic heterocycles. The van der Waals surface area contributed by atoms with Gasteiger partial charge in [0.05, 0.1) is 6.61 Å². The van der Waals surface area contributed by atoms with Crippen molar-refractivity contribution in [2.45, 2.75) is 30.5 Å². The third kappa shape index (κ3) is 4.35. The summed E-state index contributed by atoms with van der Waals surface area (Å²) in [5.41, 5.74) is 0. The highest BCUT2D eigenvalue weighted by Crippen LogP contribution is 2.08. The summed E-state index contributed by atoms with van der Waals surface area (Å²) >= 11 is 0. The molecule has 96 valence electrons. The third-order valence-corrected chi connectivity index (χ3v) is 2.01. The van der Waals surface area contributed by atoms with Gasteiger partial charge < -0.3 is 30.6 Å². The lowest BCUT2D eigenvalue weighted by atomic mass is 9.99. The Morgan fingerprint density at radius 2 is 1.38 bits per heavy atom. The quantitative estimate of drug-likeness (QED) is 0.194. The molecule has 0 radical (unpaired) electrons. The van der Waals surface area contributed by atoms with Crippen LogP contribution in [-0.2, 0) is 0 Å². The lowest BCUT2D eigenvalue weighted by molar-refractivity contribution is -0.493. The Bertz CT molecular complexity index is 224. The van der Waals surface area contributed by atoms with Crippen LogP contribution in [0.1, 0.15) is 0 Å². The average molecular weight is 241 g/mol. The molecule has 0 aromatic rings. The summed E-state index contributed by atoms with van der Waals surface area (Å²) in [6.07, 6.45) is -9.52. The number of aliphatic hydroxyl groups excluding tert-OH is 6. The molecule has 5 atom stereocenters. The number of rotatable bonds is 7. The summed E-state index contributed by atoms with van der Waals surface area (Å²) in [6.45, 7) is -1.88. The van der Waals surface area contributed by atoms with Crippen LogP contribution in [-0.4, -0.2) is 79.2 Å². The fraction of sp³-hybridized carbons (Fsp3) is 1.00. The van der Waals surface area contributed by atoms with E-state index in [1.165, 1.54) is 0 Å². The minimum Gasteiger partial charge on any atom is -0.394 e. The minimum atomic E-state index is -2.00. The highest BCUT2D eigenvalue weighted by Gasteiger charge is 2.35. The summed E-state index contributed by atoms with van der Waals surface area (Å²) in [5, 5.41) is 64.0. The van der Waals surface area contributed by atoms with E-state index in [1.807, 2.05) is 0 Å². The van der Waals surface area contributed by atoms with Crippen LogP contribution < -0.4 is 0 Å². The van der Waals surface area contributed by atoms with Crippen LogP contribution in [0.3, 0.4) is 0 Å². The number of aliphatic hydroxyl groups is 6. The van der Waals surface area contributed by atoms with E-state index in [2.05, 4.69) is 0 Å². The highest BCUT2D eigenvalue weighted by atomic mass is 16.6. The van der Waals surface area contributed by atoms with Crippen molar-refractivity contribution in [3.8, 4) is 0 Å². The Morgan fingerprint density at radius 1 is 0.938 bits per heavy atom. The number of nitro groups is 1. The van der Waals surface area contributed by atoms with Crippen molar-refractivity contribution in [2.75, 3.05) is 13.2 Å². The highest BCUT2D eigenvalue weighted by molar-refractivity contribution is 4.84. The zero-order valence-corrected chi connectivity index (χ0v) is 8.25. The van der Waals surface area contributed by atoms with E-state index in [9.17, 15) is 20.3 Å². The SMILES string of the molecule is O=[N+]([O-])C[C@@H](O)[C@H](O)[C@@H](O)[C@@H](O)[C@H](O)CO. The van der Waals surface area contributed by atoms with E-state index in [0.717, 1.165) is 0 Å². The number of hydrogen-bond donors (Lipinski definition) is 6. The number of hydrogen-bond acceptors (Lipinski definition) is 8. The molecule has 0 aliphatic carbocycles. The van der Waals surface area contributed by atoms with Crippen molar-refractivity contribution in [3.63, 3.8) is 0 Å². The van der Waals surface area contributed by atoms with Gasteiger partial charge in [-0.3, -0.25) is 10.1 Å². The molecule has 0 unspecified atom stereocenters. The lowest BCUT2D eigenvalue weighted by Crippen LogP contribution is -2.51. The second-order valence-corrected chi connectivity index (χ2v) is 3.30. The molecule has 16 heavy (non-hydrogen) atoms. The van der Waals surface area contributed by atoms with E-state index < -0.39 is 48.6 Å². The van der Waals surface area contributed by atoms with Gasteiger partial charge in [0, 0.05) is 4.92 Å². The van der Waals surface area contributed by atoms with Crippen LogP contribution in [0.15, 0.2) is 0 Å². The molecule has 0 spiro atoms. The van der Waals surface area contributed by atoms with Gasteiger partial charge in [0.1, 0.15) is 30.5 Å². The molecule has 0 bridgehead atoms. The van der Waals surface area contributed by atoms with Crippen LogP contribution in [0.2, 0.25) is 0 Å². The molecule has 6 N–H and O–H groups in total. The van der Waals surface area contributed by atoms with Crippen molar-refractivity contribution in [3.05, 3.63) is 10.1 Å². The van der Waals surface area contributed by atoms with E-state index in [0.29, 0.717) is 0 Å². The van der Waals surface area contributed by atoms with Gasteiger partial charge in [0.15, 0.2) is 0 Å². The smallest absolute Gasteiger partial charge is 0.232 e. The van der Waals surface area contributed by atoms with Crippen molar-refractivity contribution in [2.24, 2.45) is 0 Å². The molecule has 9 nitrogen and oxygen atoms in total. The van der Waals surface area contributed by atoms with Crippen LogP contribution in [0.25, 0.3) is 0 Å². The monoisotopic (exact) mass is 241 g/mol. The average Bonchev–Trinajstić information content (AvgIpc) is 2.23. The fourth-order valence-electron chi connectivity index (χ4n) is 1.03. The Hall–Kier alpha value is -0.840. The maximum atomic E-state index is 10.00. The van der Waals surface area contributed by atoms with Crippen molar-refractivity contribution in [1.82, 2.24) is 0 Å². The van der Waals surface area contributed by atoms with Crippen molar-refractivity contribution < 1.29 is 35.6 Å². The van der Waals surface area contributed by atoms with Gasteiger partial charge >= 0.3 is 0 Å². The minimum absolute atomic E-state index is 0.865. The van der Waals surface area contributed by atoms with Crippen molar-refractivity contribution >= 4 is 0 Å². The van der Waals surface area contributed by atoms with Gasteiger partial charge in [-0.15, -0.1) is 0 Å². The van der Waals surface area contributed by atoms with E-state index in [4.69, 9.17) is 20.4 Å². The standard InChI is InChI=1S/C7H15NO8/c9-2-4(11)6(13)7(14)5(12)3(10)1-8(15)16/h3-7,9-14H,1-2H2/t3-,4-,5+,6+,7-/m1/s1. The molecule has 0 fully saturated rings. The Morgan fingerprint density at radius 3 is 1.75 bits per heavy atom. The Balaban J connectivity index is 4.35. The van der Waals surface area contributed by atoms with Crippen LogP contribution in [0.4, 0.5) is 0 Å². The first-order chi connectivity index (χ1) is 7.31. The zero-order chi connectivity index (χ0) is 12.9. The molecule has 0 saturated carbocycles.